The van der Waals surface area contributed by atoms with Crippen molar-refractivity contribution in [1.82, 2.24) is 0 Å². The van der Waals surface area contributed by atoms with Gasteiger partial charge in [0.15, 0.2) is 0 Å². The summed E-state index contributed by atoms with van der Waals surface area (Å²) in [7, 11) is 0. The van der Waals surface area contributed by atoms with Crippen LogP contribution in [0.15, 0.2) is 71.4 Å². The molecule has 2 aromatic carbocycles. The van der Waals surface area contributed by atoms with Gasteiger partial charge in [0.25, 0.3) is 0 Å². The number of benzene rings is 2. The smallest absolute Gasteiger partial charge is 0.0507 e. The third-order valence-electron chi connectivity index (χ3n) is 9.45. The zero-order chi connectivity index (χ0) is 28.1. The van der Waals surface area contributed by atoms with E-state index in [1.54, 1.807) is 11.1 Å². The maximum Gasteiger partial charge on any atom is 0.0507 e. The summed E-state index contributed by atoms with van der Waals surface area (Å²) >= 11 is 11.7. The van der Waals surface area contributed by atoms with Crippen LogP contribution in [0.25, 0.3) is 70.0 Å². The van der Waals surface area contributed by atoms with Crippen LogP contribution in [0, 0.1) is 0 Å². The van der Waals surface area contributed by atoms with Crippen molar-refractivity contribution in [2.75, 3.05) is 0 Å². The highest BCUT2D eigenvalue weighted by Gasteiger charge is 2.45. The Hall–Kier alpha value is -2.58. The van der Waals surface area contributed by atoms with Crippen LogP contribution < -0.4 is 0 Å². The van der Waals surface area contributed by atoms with Gasteiger partial charge in [0.2, 0.25) is 0 Å². The van der Waals surface area contributed by atoms with Gasteiger partial charge in [-0.25, -0.2) is 0 Å². The van der Waals surface area contributed by atoms with E-state index >= 15 is 0 Å². The molecule has 0 nitrogen and oxygen atoms in total. The number of fused-ring (bicyclic) bond motifs is 11. The Morgan fingerprint density at radius 2 is 0.952 bits per heavy atom. The van der Waals surface area contributed by atoms with Gasteiger partial charge in [-0.05, 0) is 103 Å². The van der Waals surface area contributed by atoms with Gasteiger partial charge in [-0.3, -0.25) is 0 Å². The van der Waals surface area contributed by atoms with E-state index in [0.29, 0.717) is 0 Å². The lowest BCUT2D eigenvalue weighted by Gasteiger charge is -2.22. The zero-order valence-corrected chi connectivity index (χ0v) is 28.3. The molecule has 0 aliphatic heterocycles. The maximum atomic E-state index is 2.50. The first-order chi connectivity index (χ1) is 20.3. The van der Waals surface area contributed by atoms with Crippen LogP contribution in [0.5, 0.6) is 0 Å². The second-order valence-electron chi connectivity index (χ2n) is 12.6. The van der Waals surface area contributed by atoms with Crippen molar-refractivity contribution in [1.29, 1.82) is 0 Å². The topological polar surface area (TPSA) is 0 Å². The van der Waals surface area contributed by atoms with Crippen LogP contribution in [0.2, 0.25) is 0 Å². The first-order valence-corrected chi connectivity index (χ1v) is 19.2. The van der Waals surface area contributed by atoms with Gasteiger partial charge in [0.1, 0.15) is 0 Å². The Balaban J connectivity index is 1.17. The van der Waals surface area contributed by atoms with E-state index in [0.717, 1.165) is 0 Å². The molecule has 6 heterocycles. The second-order valence-corrected chi connectivity index (χ2v) is 18.7. The fourth-order valence-electron chi connectivity index (χ4n) is 7.38. The van der Waals surface area contributed by atoms with Crippen LogP contribution >= 0.6 is 68.0 Å². The third kappa shape index (κ3) is 3.06. The molecular weight excluding hydrogens is 625 g/mol. The van der Waals surface area contributed by atoms with Crippen molar-refractivity contribution in [2.24, 2.45) is 0 Å². The van der Waals surface area contributed by atoms with Gasteiger partial charge in [-0.15, -0.1) is 68.0 Å². The second kappa shape index (κ2) is 8.12. The standard InChI is InChI=1S/C36H24S6/c1-35(2)21-15-25-17(13-27(39-25)23-7-5-9-37-23)11-19(21)31-29(35)33-34(41-31)30-32(42-33)20-12-18-14-28(24-8-6-10-38-24)40-26(18)16-22(20)36(30,3)4/h5-16H,1-4H3. The lowest BCUT2D eigenvalue weighted by atomic mass is 9.81. The molecular formula is C36H24S6. The molecule has 0 saturated carbocycles. The van der Waals surface area contributed by atoms with Crippen molar-refractivity contribution in [2.45, 2.75) is 38.5 Å². The molecule has 0 amide bonds. The number of thiophene rings is 6. The molecule has 0 unspecified atom stereocenters. The lowest BCUT2D eigenvalue weighted by molar-refractivity contribution is 0.666. The lowest BCUT2D eigenvalue weighted by Crippen LogP contribution is -2.15. The largest absolute Gasteiger partial charge is 0.143 e. The molecule has 0 atom stereocenters. The fraction of sp³-hybridized carbons (Fsp3) is 0.167. The minimum atomic E-state index is -0.0112. The average Bonchev–Trinajstić information content (AvgIpc) is 3.79. The van der Waals surface area contributed by atoms with Crippen LogP contribution in [-0.4, -0.2) is 0 Å². The van der Waals surface area contributed by atoms with Gasteiger partial charge >= 0.3 is 0 Å². The number of hydrogen-bond acceptors (Lipinski definition) is 6. The first-order valence-electron chi connectivity index (χ1n) is 14.1. The molecule has 6 heteroatoms. The summed E-state index contributed by atoms with van der Waals surface area (Å²) in [6.45, 7) is 9.81. The Labute approximate surface area is 268 Å². The van der Waals surface area contributed by atoms with Gasteiger partial charge in [0, 0.05) is 49.5 Å². The Morgan fingerprint density at radius 3 is 1.36 bits per heavy atom. The summed E-state index contributed by atoms with van der Waals surface area (Å²) in [6.07, 6.45) is 0. The molecule has 2 aliphatic carbocycles. The van der Waals surface area contributed by atoms with Gasteiger partial charge in [0.05, 0.1) is 9.40 Å². The van der Waals surface area contributed by atoms with E-state index < -0.39 is 0 Å². The quantitative estimate of drug-likeness (QED) is 0.175. The van der Waals surface area contributed by atoms with Gasteiger partial charge in [-0.2, -0.15) is 0 Å². The third-order valence-corrected chi connectivity index (χ3v) is 16.4. The van der Waals surface area contributed by atoms with E-state index in [-0.39, 0.29) is 10.8 Å². The molecule has 2 aliphatic rings. The molecule has 0 fully saturated rings. The van der Waals surface area contributed by atoms with E-state index in [1.807, 2.05) is 45.3 Å². The van der Waals surface area contributed by atoms with Crippen molar-refractivity contribution < 1.29 is 0 Å². The van der Waals surface area contributed by atoms with E-state index in [4.69, 9.17) is 0 Å². The highest BCUT2D eigenvalue weighted by atomic mass is 32.1. The highest BCUT2D eigenvalue weighted by Crippen LogP contribution is 2.64. The molecule has 42 heavy (non-hydrogen) atoms. The molecule has 0 saturated heterocycles. The summed E-state index contributed by atoms with van der Waals surface area (Å²) in [5.74, 6) is 0. The van der Waals surface area contributed by atoms with Crippen LogP contribution in [0.4, 0.5) is 0 Å². The summed E-state index contributed by atoms with van der Waals surface area (Å²) < 4.78 is 5.85. The molecule has 10 rings (SSSR count). The normalized spacial score (nSPS) is 16.0. The predicted molar refractivity (Wildman–Crippen MR) is 192 cm³/mol. The number of hydrogen-bond donors (Lipinski definition) is 0. The molecule has 0 spiro atoms. The molecule has 0 N–H and O–H groups in total. The summed E-state index contributed by atoms with van der Waals surface area (Å²) in [5.41, 5.74) is 8.99. The summed E-state index contributed by atoms with van der Waals surface area (Å²) in [4.78, 5) is 8.50. The van der Waals surface area contributed by atoms with Crippen molar-refractivity contribution in [3.8, 4) is 40.4 Å². The Morgan fingerprint density at radius 1 is 0.500 bits per heavy atom. The van der Waals surface area contributed by atoms with Crippen LogP contribution in [-0.2, 0) is 10.8 Å². The number of rotatable bonds is 2. The molecule has 204 valence electrons. The summed E-state index contributed by atoms with van der Waals surface area (Å²) in [6, 6.07) is 23.6. The Bertz CT molecular complexity index is 2220. The van der Waals surface area contributed by atoms with Gasteiger partial charge in [-0.1, -0.05) is 39.8 Å². The van der Waals surface area contributed by atoms with E-state index in [1.165, 1.54) is 81.1 Å². The van der Waals surface area contributed by atoms with Crippen LogP contribution in [0.1, 0.15) is 49.9 Å². The highest BCUT2D eigenvalue weighted by molar-refractivity contribution is 7.32. The SMILES string of the molecule is CC1(C)c2cc3sc(-c4cccs4)cc3cc2-c2sc3c4c(sc3c21)-c1cc2cc(-c3cccs3)sc2cc1C4(C)C. The molecule has 0 bridgehead atoms. The minimum Gasteiger partial charge on any atom is -0.143 e. The van der Waals surface area contributed by atoms with E-state index in [9.17, 15) is 0 Å². The predicted octanol–water partition coefficient (Wildman–Crippen LogP) is 13.5. The molecule has 6 aromatic heterocycles. The first kappa shape index (κ1) is 24.8. The van der Waals surface area contributed by atoms with Gasteiger partial charge < -0.3 is 0 Å². The molecule has 8 aromatic rings. The average molecular weight is 649 g/mol. The monoisotopic (exact) mass is 648 g/mol. The maximum absolute atomic E-state index is 2.50. The fourth-order valence-corrected chi connectivity index (χ4v) is 14.8. The molecule has 0 radical (unpaired) electrons. The Kier molecular flexibility index (Phi) is 4.80. The van der Waals surface area contributed by atoms with Crippen molar-refractivity contribution in [3.05, 3.63) is 93.7 Å². The van der Waals surface area contributed by atoms with Crippen molar-refractivity contribution in [3.63, 3.8) is 0 Å². The summed E-state index contributed by atoms with van der Waals surface area (Å²) in [5, 5.41) is 7.11. The van der Waals surface area contributed by atoms with Crippen LogP contribution in [0.3, 0.4) is 0 Å². The van der Waals surface area contributed by atoms with Crippen molar-refractivity contribution >= 4 is 97.6 Å². The zero-order valence-electron chi connectivity index (χ0n) is 23.4. The van der Waals surface area contributed by atoms with E-state index in [2.05, 4.69) is 122 Å². The minimum absolute atomic E-state index is 0.0112.